The molecule has 2 N–H and O–H groups in total. The first-order chi connectivity index (χ1) is 8.70. The second-order valence-electron chi connectivity index (χ2n) is 3.67. The Bertz CT molecular complexity index is 599. The van der Waals surface area contributed by atoms with E-state index in [4.69, 9.17) is 5.26 Å². The number of non-ortho nitro benzene ring substituents is 1. The van der Waals surface area contributed by atoms with Crippen molar-refractivity contribution in [1.82, 2.24) is 4.98 Å². The monoisotopic (exact) mass is 242 g/mol. The summed E-state index contributed by atoms with van der Waals surface area (Å²) in [6, 6.07) is 8.04. The predicted molar refractivity (Wildman–Crippen MR) is 65.9 cm³/mol. The molecule has 1 aromatic heterocycles. The molecule has 0 aliphatic rings. The van der Waals surface area contributed by atoms with Crippen LogP contribution in [0.3, 0.4) is 0 Å². The molecule has 0 unspecified atom stereocenters. The molecule has 18 heavy (non-hydrogen) atoms. The normalized spacial score (nSPS) is 9.72. The Morgan fingerprint density at radius 1 is 1.44 bits per heavy atom. The molecule has 0 atom stereocenters. The SMILES string of the molecule is N#Cc1cc([N+](=O)[O-])ccc1NCc1cc[nH]c1. The molecule has 2 aromatic rings. The standard InChI is InChI=1S/C12H10N4O2/c13-6-10-5-11(16(17)18)1-2-12(10)15-8-9-3-4-14-7-9/h1-5,7,14-15H,8H2. The number of nitriles is 1. The quantitative estimate of drug-likeness (QED) is 0.635. The van der Waals surface area contributed by atoms with Gasteiger partial charge in [0.2, 0.25) is 0 Å². The summed E-state index contributed by atoms with van der Waals surface area (Å²) < 4.78 is 0. The van der Waals surface area contributed by atoms with E-state index in [0.29, 0.717) is 12.2 Å². The number of nitro benzene ring substituents is 1. The minimum Gasteiger partial charge on any atom is -0.380 e. The van der Waals surface area contributed by atoms with Gasteiger partial charge in [-0.15, -0.1) is 0 Å². The molecule has 0 bridgehead atoms. The number of hydrogen-bond acceptors (Lipinski definition) is 4. The van der Waals surface area contributed by atoms with Gasteiger partial charge in [0.1, 0.15) is 6.07 Å². The highest BCUT2D eigenvalue weighted by Gasteiger charge is 2.10. The number of aromatic nitrogens is 1. The van der Waals surface area contributed by atoms with Gasteiger partial charge in [0.15, 0.2) is 0 Å². The van der Waals surface area contributed by atoms with Crippen molar-refractivity contribution in [3.8, 4) is 6.07 Å². The van der Waals surface area contributed by atoms with Crippen LogP contribution in [0.25, 0.3) is 0 Å². The van der Waals surface area contributed by atoms with E-state index in [1.165, 1.54) is 12.1 Å². The third-order valence-corrected chi connectivity index (χ3v) is 2.48. The van der Waals surface area contributed by atoms with Gasteiger partial charge in [-0.25, -0.2) is 0 Å². The van der Waals surface area contributed by atoms with E-state index in [1.807, 2.05) is 18.3 Å². The van der Waals surface area contributed by atoms with Crippen LogP contribution in [0.5, 0.6) is 0 Å². The fraction of sp³-hybridized carbons (Fsp3) is 0.0833. The molecule has 1 aromatic carbocycles. The van der Waals surface area contributed by atoms with E-state index in [1.54, 1.807) is 12.3 Å². The lowest BCUT2D eigenvalue weighted by atomic mass is 10.1. The number of aromatic amines is 1. The van der Waals surface area contributed by atoms with Gasteiger partial charge in [-0.2, -0.15) is 5.26 Å². The number of nitrogens with one attached hydrogen (secondary N) is 2. The zero-order valence-corrected chi connectivity index (χ0v) is 9.38. The van der Waals surface area contributed by atoms with Crippen molar-refractivity contribution in [2.45, 2.75) is 6.54 Å². The van der Waals surface area contributed by atoms with Crippen molar-refractivity contribution >= 4 is 11.4 Å². The minimum atomic E-state index is -0.517. The number of anilines is 1. The van der Waals surface area contributed by atoms with E-state index >= 15 is 0 Å². The van der Waals surface area contributed by atoms with Crippen molar-refractivity contribution in [3.63, 3.8) is 0 Å². The van der Waals surface area contributed by atoms with E-state index in [9.17, 15) is 10.1 Å². The second-order valence-corrected chi connectivity index (χ2v) is 3.67. The first kappa shape index (κ1) is 11.7. The maximum Gasteiger partial charge on any atom is 0.270 e. The predicted octanol–water partition coefficient (Wildman–Crippen LogP) is 2.41. The van der Waals surface area contributed by atoms with E-state index in [2.05, 4.69) is 10.3 Å². The number of H-pyrrole nitrogens is 1. The molecule has 0 saturated heterocycles. The van der Waals surface area contributed by atoms with Crippen molar-refractivity contribution in [2.75, 3.05) is 5.32 Å². The smallest absolute Gasteiger partial charge is 0.270 e. The summed E-state index contributed by atoms with van der Waals surface area (Å²) >= 11 is 0. The second kappa shape index (κ2) is 5.01. The van der Waals surface area contributed by atoms with Gasteiger partial charge in [0.25, 0.3) is 5.69 Å². The van der Waals surface area contributed by atoms with E-state index < -0.39 is 4.92 Å². The van der Waals surface area contributed by atoms with E-state index in [-0.39, 0.29) is 11.3 Å². The lowest BCUT2D eigenvalue weighted by molar-refractivity contribution is -0.384. The topological polar surface area (TPSA) is 94.8 Å². The summed E-state index contributed by atoms with van der Waals surface area (Å²) in [5.74, 6) is 0. The third kappa shape index (κ3) is 2.47. The molecule has 1 heterocycles. The minimum absolute atomic E-state index is 0.0845. The molecule has 0 aliphatic heterocycles. The van der Waals surface area contributed by atoms with Crippen LogP contribution in [0, 0.1) is 21.4 Å². The van der Waals surface area contributed by atoms with Crippen molar-refractivity contribution in [1.29, 1.82) is 5.26 Å². The molecule has 0 radical (unpaired) electrons. The number of benzene rings is 1. The molecule has 6 nitrogen and oxygen atoms in total. The van der Waals surface area contributed by atoms with Gasteiger partial charge in [-0.1, -0.05) is 0 Å². The fourth-order valence-electron chi connectivity index (χ4n) is 1.56. The summed E-state index contributed by atoms with van der Waals surface area (Å²) in [6.45, 7) is 0.552. The highest BCUT2D eigenvalue weighted by atomic mass is 16.6. The number of hydrogen-bond donors (Lipinski definition) is 2. The van der Waals surface area contributed by atoms with Crippen LogP contribution in [0.4, 0.5) is 11.4 Å². The fourth-order valence-corrected chi connectivity index (χ4v) is 1.56. The van der Waals surface area contributed by atoms with Crippen LogP contribution in [0.15, 0.2) is 36.7 Å². The third-order valence-electron chi connectivity index (χ3n) is 2.48. The first-order valence-electron chi connectivity index (χ1n) is 5.25. The number of nitro groups is 1. The summed E-state index contributed by atoms with van der Waals surface area (Å²) in [5.41, 5.74) is 1.81. The van der Waals surface area contributed by atoms with Crippen molar-refractivity contribution < 1.29 is 4.92 Å². The molecular formula is C12H10N4O2. The van der Waals surface area contributed by atoms with Crippen LogP contribution in [-0.2, 0) is 6.54 Å². The maximum absolute atomic E-state index is 10.6. The largest absolute Gasteiger partial charge is 0.380 e. The van der Waals surface area contributed by atoms with Crippen molar-refractivity contribution in [3.05, 3.63) is 57.9 Å². The van der Waals surface area contributed by atoms with Gasteiger partial charge in [0.05, 0.1) is 16.2 Å². The molecule has 0 amide bonds. The molecule has 0 fully saturated rings. The molecule has 6 heteroatoms. The Morgan fingerprint density at radius 3 is 2.89 bits per heavy atom. The Hall–Kier alpha value is -2.81. The maximum atomic E-state index is 10.6. The van der Waals surface area contributed by atoms with Gasteiger partial charge in [-0.3, -0.25) is 10.1 Å². The average molecular weight is 242 g/mol. The molecular weight excluding hydrogens is 232 g/mol. The van der Waals surface area contributed by atoms with Crippen LogP contribution >= 0.6 is 0 Å². The molecule has 0 saturated carbocycles. The highest BCUT2D eigenvalue weighted by molar-refractivity contribution is 5.61. The van der Waals surface area contributed by atoms with Gasteiger partial charge in [-0.05, 0) is 17.7 Å². The summed E-state index contributed by atoms with van der Waals surface area (Å²) in [6.07, 6.45) is 3.64. The Labute approximate surface area is 103 Å². The van der Waals surface area contributed by atoms with Gasteiger partial charge in [0, 0.05) is 31.1 Å². The van der Waals surface area contributed by atoms with Gasteiger partial charge >= 0.3 is 0 Å². The molecule has 0 spiro atoms. The lowest BCUT2D eigenvalue weighted by Crippen LogP contribution is -2.01. The number of rotatable bonds is 4. The van der Waals surface area contributed by atoms with Gasteiger partial charge < -0.3 is 10.3 Å². The van der Waals surface area contributed by atoms with Crippen LogP contribution in [0.1, 0.15) is 11.1 Å². The molecule has 90 valence electrons. The molecule has 0 aliphatic carbocycles. The van der Waals surface area contributed by atoms with Crippen LogP contribution in [-0.4, -0.2) is 9.91 Å². The van der Waals surface area contributed by atoms with Crippen molar-refractivity contribution in [2.24, 2.45) is 0 Å². The van der Waals surface area contributed by atoms with Crippen LogP contribution in [0.2, 0.25) is 0 Å². The molecule has 2 rings (SSSR count). The zero-order valence-electron chi connectivity index (χ0n) is 9.38. The Morgan fingerprint density at radius 2 is 2.28 bits per heavy atom. The first-order valence-corrected chi connectivity index (χ1v) is 5.25. The van der Waals surface area contributed by atoms with Crippen LogP contribution < -0.4 is 5.32 Å². The zero-order chi connectivity index (χ0) is 13.0. The lowest BCUT2D eigenvalue weighted by Gasteiger charge is -2.06. The summed E-state index contributed by atoms with van der Waals surface area (Å²) in [7, 11) is 0. The van der Waals surface area contributed by atoms with E-state index in [0.717, 1.165) is 5.56 Å². The number of nitrogens with zero attached hydrogens (tertiary/aromatic N) is 2. The highest BCUT2D eigenvalue weighted by Crippen LogP contribution is 2.21. The summed E-state index contributed by atoms with van der Waals surface area (Å²) in [4.78, 5) is 13.0. The Kier molecular flexibility index (Phi) is 3.25. The Balaban J connectivity index is 2.18. The average Bonchev–Trinajstić information content (AvgIpc) is 2.89. The summed E-state index contributed by atoms with van der Waals surface area (Å²) in [5, 5.41) is 22.6.